The molecule has 1 rings (SSSR count). The molecule has 0 bridgehead atoms. The summed E-state index contributed by atoms with van der Waals surface area (Å²) >= 11 is 0. The lowest BCUT2D eigenvalue weighted by Crippen LogP contribution is -2.18. The average Bonchev–Trinajstić information content (AvgIpc) is 2.10. The van der Waals surface area contributed by atoms with Gasteiger partial charge in [-0.1, -0.05) is 13.8 Å². The molecule has 0 aromatic carbocycles. The van der Waals surface area contributed by atoms with Crippen LogP contribution < -0.4 is 0 Å². The highest BCUT2D eigenvalue weighted by atomic mass is 16.5. The number of rotatable bonds is 1. The van der Waals surface area contributed by atoms with E-state index in [0.717, 1.165) is 12.2 Å². The lowest BCUT2D eigenvalue weighted by molar-refractivity contribution is 0.0485. The van der Waals surface area contributed by atoms with E-state index in [1.165, 1.54) is 0 Å². The third-order valence-corrected chi connectivity index (χ3v) is 1.76. The molecule has 0 aromatic rings. The van der Waals surface area contributed by atoms with Crippen molar-refractivity contribution in [1.29, 1.82) is 0 Å². The zero-order chi connectivity index (χ0) is 7.78. The van der Waals surface area contributed by atoms with Crippen molar-refractivity contribution in [3.8, 4) is 0 Å². The summed E-state index contributed by atoms with van der Waals surface area (Å²) in [5.74, 6) is 1.70. The van der Waals surface area contributed by atoms with E-state index in [-0.39, 0.29) is 5.60 Å². The smallest absolute Gasteiger partial charge is 0.107 e. The molecule has 10 heavy (non-hydrogen) atoms. The quantitative estimate of drug-likeness (QED) is 0.544. The van der Waals surface area contributed by atoms with Crippen LogP contribution in [-0.2, 0) is 4.74 Å². The second kappa shape index (κ2) is 2.30. The van der Waals surface area contributed by atoms with Crippen LogP contribution in [0.1, 0.15) is 34.1 Å². The molecular formula is C9H16O. The maximum Gasteiger partial charge on any atom is 0.107 e. The second-order valence-corrected chi connectivity index (χ2v) is 3.83. The molecule has 0 radical (unpaired) electrons. The van der Waals surface area contributed by atoms with Gasteiger partial charge >= 0.3 is 0 Å². The van der Waals surface area contributed by atoms with Crippen LogP contribution >= 0.6 is 0 Å². The summed E-state index contributed by atoms with van der Waals surface area (Å²) in [6.07, 6.45) is 3.26. The number of ether oxygens (including phenoxy) is 1. The molecule has 0 N–H and O–H groups in total. The van der Waals surface area contributed by atoms with Crippen LogP contribution in [0.25, 0.3) is 0 Å². The van der Waals surface area contributed by atoms with Crippen molar-refractivity contribution in [2.45, 2.75) is 39.7 Å². The summed E-state index contributed by atoms with van der Waals surface area (Å²) in [5.41, 5.74) is 0.0552. The second-order valence-electron chi connectivity index (χ2n) is 3.83. The summed E-state index contributed by atoms with van der Waals surface area (Å²) in [7, 11) is 0. The van der Waals surface area contributed by atoms with Crippen molar-refractivity contribution >= 4 is 0 Å². The highest BCUT2D eigenvalue weighted by molar-refractivity contribution is 5.06. The zero-order valence-corrected chi connectivity index (χ0v) is 7.27. The maximum atomic E-state index is 5.67. The highest BCUT2D eigenvalue weighted by Crippen LogP contribution is 2.30. The number of hydrogen-bond donors (Lipinski definition) is 0. The Balaban J connectivity index is 2.55. The molecule has 0 aromatic heterocycles. The Kier molecular flexibility index (Phi) is 1.76. The van der Waals surface area contributed by atoms with Gasteiger partial charge in [-0.25, -0.2) is 0 Å². The van der Waals surface area contributed by atoms with Crippen LogP contribution in [0.5, 0.6) is 0 Å². The molecular weight excluding hydrogens is 124 g/mol. The molecule has 0 spiro atoms. The van der Waals surface area contributed by atoms with E-state index < -0.39 is 0 Å². The van der Waals surface area contributed by atoms with Gasteiger partial charge in [-0.3, -0.25) is 0 Å². The SMILES string of the molecule is CC(C)C1=CCC(C)(C)O1. The molecule has 1 heterocycles. The minimum Gasteiger partial charge on any atom is -0.492 e. The summed E-state index contributed by atoms with van der Waals surface area (Å²) in [6, 6.07) is 0. The lowest BCUT2D eigenvalue weighted by Gasteiger charge is -2.21. The minimum absolute atomic E-state index is 0.0552. The van der Waals surface area contributed by atoms with Gasteiger partial charge in [0, 0.05) is 12.3 Å². The molecule has 0 saturated heterocycles. The van der Waals surface area contributed by atoms with Crippen molar-refractivity contribution in [1.82, 2.24) is 0 Å². The van der Waals surface area contributed by atoms with E-state index in [1.807, 2.05) is 0 Å². The summed E-state index contributed by atoms with van der Waals surface area (Å²) < 4.78 is 5.67. The molecule has 0 amide bonds. The van der Waals surface area contributed by atoms with Crippen LogP contribution in [0.2, 0.25) is 0 Å². The molecule has 1 aliphatic rings. The van der Waals surface area contributed by atoms with Crippen LogP contribution in [0, 0.1) is 5.92 Å². The van der Waals surface area contributed by atoms with E-state index in [9.17, 15) is 0 Å². The Labute approximate surface area is 63.1 Å². The highest BCUT2D eigenvalue weighted by Gasteiger charge is 2.26. The fraction of sp³-hybridized carbons (Fsp3) is 0.778. The Morgan fingerprint density at radius 3 is 2.30 bits per heavy atom. The van der Waals surface area contributed by atoms with Crippen molar-refractivity contribution in [2.24, 2.45) is 5.92 Å². The first kappa shape index (κ1) is 7.64. The van der Waals surface area contributed by atoms with E-state index in [2.05, 4.69) is 33.8 Å². The van der Waals surface area contributed by atoms with Crippen molar-refractivity contribution in [2.75, 3.05) is 0 Å². The Morgan fingerprint density at radius 2 is 2.10 bits per heavy atom. The third-order valence-electron chi connectivity index (χ3n) is 1.76. The summed E-state index contributed by atoms with van der Waals surface area (Å²) in [5, 5.41) is 0. The lowest BCUT2D eigenvalue weighted by atomic mass is 10.1. The van der Waals surface area contributed by atoms with E-state index in [4.69, 9.17) is 4.74 Å². The van der Waals surface area contributed by atoms with Gasteiger partial charge in [0.15, 0.2) is 0 Å². The fourth-order valence-electron chi connectivity index (χ4n) is 1.10. The Bertz CT molecular complexity index is 154. The largest absolute Gasteiger partial charge is 0.492 e. The van der Waals surface area contributed by atoms with Crippen molar-refractivity contribution in [3.05, 3.63) is 11.8 Å². The average molecular weight is 140 g/mol. The van der Waals surface area contributed by atoms with Crippen LogP contribution in [-0.4, -0.2) is 5.60 Å². The topological polar surface area (TPSA) is 9.23 Å². The fourth-order valence-corrected chi connectivity index (χ4v) is 1.10. The molecule has 1 heteroatoms. The van der Waals surface area contributed by atoms with Gasteiger partial charge in [0.05, 0.1) is 5.76 Å². The van der Waals surface area contributed by atoms with Crippen molar-refractivity contribution < 1.29 is 4.74 Å². The summed E-state index contributed by atoms with van der Waals surface area (Å²) in [6.45, 7) is 8.57. The van der Waals surface area contributed by atoms with E-state index in [0.29, 0.717) is 5.92 Å². The number of hydrogen-bond acceptors (Lipinski definition) is 1. The van der Waals surface area contributed by atoms with E-state index in [1.54, 1.807) is 0 Å². The maximum absolute atomic E-state index is 5.67. The summed E-state index contributed by atoms with van der Waals surface area (Å²) in [4.78, 5) is 0. The van der Waals surface area contributed by atoms with Gasteiger partial charge in [-0.05, 0) is 19.9 Å². The molecule has 0 aliphatic carbocycles. The normalized spacial score (nSPS) is 22.7. The Morgan fingerprint density at radius 1 is 1.50 bits per heavy atom. The predicted molar refractivity (Wildman–Crippen MR) is 42.7 cm³/mol. The first-order chi connectivity index (χ1) is 4.51. The van der Waals surface area contributed by atoms with Gasteiger partial charge in [0.1, 0.15) is 5.60 Å². The van der Waals surface area contributed by atoms with Crippen molar-refractivity contribution in [3.63, 3.8) is 0 Å². The van der Waals surface area contributed by atoms with Crippen LogP contribution in [0.15, 0.2) is 11.8 Å². The van der Waals surface area contributed by atoms with Gasteiger partial charge < -0.3 is 4.74 Å². The Hall–Kier alpha value is -0.460. The molecule has 0 atom stereocenters. The molecule has 0 unspecified atom stereocenters. The standard InChI is InChI=1S/C9H16O/c1-7(2)8-5-6-9(3,4)10-8/h5,7H,6H2,1-4H3. The molecule has 58 valence electrons. The van der Waals surface area contributed by atoms with Gasteiger partial charge in [-0.2, -0.15) is 0 Å². The molecule has 1 nitrogen and oxygen atoms in total. The van der Waals surface area contributed by atoms with E-state index >= 15 is 0 Å². The van der Waals surface area contributed by atoms with Gasteiger partial charge in [0.25, 0.3) is 0 Å². The third kappa shape index (κ3) is 1.53. The minimum atomic E-state index is 0.0552. The van der Waals surface area contributed by atoms with Gasteiger partial charge in [0.2, 0.25) is 0 Å². The first-order valence-electron chi connectivity index (χ1n) is 3.90. The van der Waals surface area contributed by atoms with Crippen LogP contribution in [0.3, 0.4) is 0 Å². The predicted octanol–water partition coefficient (Wildman–Crippen LogP) is 2.73. The van der Waals surface area contributed by atoms with Crippen LogP contribution in [0.4, 0.5) is 0 Å². The first-order valence-corrected chi connectivity index (χ1v) is 3.90. The number of allylic oxidation sites excluding steroid dienone is 1. The molecule has 1 aliphatic heterocycles. The molecule has 0 saturated carbocycles. The molecule has 0 fully saturated rings. The van der Waals surface area contributed by atoms with Gasteiger partial charge in [-0.15, -0.1) is 0 Å². The monoisotopic (exact) mass is 140 g/mol. The zero-order valence-electron chi connectivity index (χ0n) is 7.27.